The average molecular weight is 1160 g/mol. The Morgan fingerprint density at radius 2 is 0.964 bits per heavy atom. The van der Waals surface area contributed by atoms with Gasteiger partial charge in [0.2, 0.25) is 19.7 Å². The van der Waals surface area contributed by atoms with E-state index < -0.39 is 55.0 Å². The van der Waals surface area contributed by atoms with Gasteiger partial charge in [0.25, 0.3) is 0 Å². The predicted molar refractivity (Wildman–Crippen MR) is 310 cm³/mol. The van der Waals surface area contributed by atoms with Gasteiger partial charge < -0.3 is 71.9 Å². The number of amides is 2. The van der Waals surface area contributed by atoms with Gasteiger partial charge >= 0.3 is 12.0 Å². The molecule has 8 aromatic rings. The van der Waals surface area contributed by atoms with Crippen molar-refractivity contribution in [3.63, 3.8) is 0 Å². The zero-order chi connectivity index (χ0) is 59.1. The molecule has 0 saturated heterocycles. The van der Waals surface area contributed by atoms with E-state index in [1.54, 1.807) is 12.1 Å². The van der Waals surface area contributed by atoms with E-state index in [0.717, 1.165) is 63.7 Å². The van der Waals surface area contributed by atoms with Crippen molar-refractivity contribution in [1.29, 1.82) is 0 Å². The van der Waals surface area contributed by atoms with Crippen molar-refractivity contribution < 1.29 is 71.3 Å². The average Bonchev–Trinajstić information content (AvgIpc) is 2.06. The lowest BCUT2D eigenvalue weighted by atomic mass is 9.68. The Morgan fingerprint density at radius 3 is 1.41 bits per heavy atom. The molecule has 2 unspecified atom stereocenters. The molecule has 2 amide bonds. The highest BCUT2D eigenvalue weighted by Gasteiger charge is 2.46. The van der Waals surface area contributed by atoms with Crippen LogP contribution >= 0.6 is 0 Å². The molecule has 0 fully saturated rings. The van der Waals surface area contributed by atoms with Crippen LogP contribution in [0.15, 0.2) is 202 Å². The number of aliphatic hydroxyl groups excluding tert-OH is 2. The number of rotatable bonds is 23. The van der Waals surface area contributed by atoms with E-state index >= 15 is 0 Å². The van der Waals surface area contributed by atoms with Crippen LogP contribution in [0.5, 0.6) is 34.5 Å². The second-order valence-corrected chi connectivity index (χ2v) is 23.0. The zero-order valence-corrected chi connectivity index (χ0v) is 45.7. The summed E-state index contributed by atoms with van der Waals surface area (Å²) in [6.45, 7) is 2.42. The van der Waals surface area contributed by atoms with Crippen LogP contribution in [0.3, 0.4) is 0 Å². The summed E-state index contributed by atoms with van der Waals surface area (Å²) in [5.74, 6) is -1.00. The molecule has 83 heavy (non-hydrogen) atoms. The minimum atomic E-state index is -4.29. The molecule has 0 heterocycles. The first-order valence-electron chi connectivity index (χ1n) is 25.7. The molecule has 9 rings (SSSR count). The molecule has 12 N–H and O–H groups in total. The van der Waals surface area contributed by atoms with E-state index in [1.807, 2.05) is 60.7 Å². The van der Waals surface area contributed by atoms with Crippen LogP contribution in [0.25, 0.3) is 11.1 Å². The molecule has 22 heteroatoms. The fourth-order valence-corrected chi connectivity index (χ4v) is 12.2. The van der Waals surface area contributed by atoms with Gasteiger partial charge in [0.1, 0.15) is 66.5 Å². The molecule has 428 valence electrons. The molecule has 1 aliphatic carbocycles. The first kappa shape index (κ1) is 57.9. The lowest BCUT2D eigenvalue weighted by Gasteiger charge is -2.34. The van der Waals surface area contributed by atoms with Crippen LogP contribution in [0.1, 0.15) is 22.3 Å². The van der Waals surface area contributed by atoms with E-state index in [0.29, 0.717) is 11.5 Å². The number of aliphatic hydroxyl groups is 2. The smallest absolute Gasteiger partial charge is 0.330 e. The van der Waals surface area contributed by atoms with Crippen LogP contribution in [0, 0.1) is 0 Å². The number of benzene rings is 8. The number of ether oxygens (including phenoxy) is 3. The van der Waals surface area contributed by atoms with Gasteiger partial charge in [-0.25, -0.2) is 26.4 Å². The van der Waals surface area contributed by atoms with Crippen molar-refractivity contribution in [3.8, 4) is 45.6 Å². The number of carbonyl (C=O) groups excluding carboxylic acids is 2. The second-order valence-electron chi connectivity index (χ2n) is 19.1. The van der Waals surface area contributed by atoms with Gasteiger partial charge in [0, 0.05) is 19.2 Å². The number of esters is 1. The van der Waals surface area contributed by atoms with Crippen LogP contribution < -0.4 is 36.5 Å². The fraction of sp³-hybridized carbons (Fsp3) is 0.148. The minimum absolute atomic E-state index is 0.00547. The number of urea groups is 1. The number of fused-ring (bicyclic) bond motifs is 3. The van der Waals surface area contributed by atoms with E-state index in [-0.39, 0.29) is 99.0 Å². The molecule has 20 nitrogen and oxygen atoms in total. The topological polar surface area (TPSA) is 326 Å². The molecule has 0 aromatic heterocycles. The lowest BCUT2D eigenvalue weighted by molar-refractivity contribution is -0.137. The number of nitrogens with one attached hydrogen (secondary N) is 4. The molecule has 1 aliphatic rings. The van der Waals surface area contributed by atoms with Crippen molar-refractivity contribution in [2.75, 3.05) is 61.1 Å². The van der Waals surface area contributed by atoms with Crippen molar-refractivity contribution >= 4 is 54.4 Å². The molecule has 0 aliphatic heterocycles. The van der Waals surface area contributed by atoms with Gasteiger partial charge in [0.05, 0.1) is 54.3 Å². The van der Waals surface area contributed by atoms with Crippen molar-refractivity contribution in [2.45, 2.75) is 37.2 Å². The largest absolute Gasteiger partial charge is 0.506 e. The summed E-state index contributed by atoms with van der Waals surface area (Å²) in [4.78, 5) is 22.8. The summed E-state index contributed by atoms with van der Waals surface area (Å²) in [6, 6.07) is 44.6. The fourth-order valence-electron chi connectivity index (χ4n) is 9.53. The Kier molecular flexibility index (Phi) is 17.1. The van der Waals surface area contributed by atoms with Crippen molar-refractivity contribution in [3.05, 3.63) is 205 Å². The maximum atomic E-state index is 13.8. The predicted octanol–water partition coefficient (Wildman–Crippen LogP) is 7.67. The van der Waals surface area contributed by atoms with E-state index in [1.165, 1.54) is 48.5 Å². The highest BCUT2D eigenvalue weighted by molar-refractivity contribution is 7.91. The molecular weight excluding hydrogens is 1110 g/mol. The first-order chi connectivity index (χ1) is 39.8. The van der Waals surface area contributed by atoms with Gasteiger partial charge in [-0.15, -0.1) is 0 Å². The number of sulfone groups is 2. The normalized spacial score (nSPS) is 13.1. The van der Waals surface area contributed by atoms with Crippen LogP contribution in [0.2, 0.25) is 0 Å². The summed E-state index contributed by atoms with van der Waals surface area (Å²) >= 11 is 0. The van der Waals surface area contributed by atoms with Gasteiger partial charge in [-0.05, 0) is 130 Å². The Morgan fingerprint density at radius 1 is 0.554 bits per heavy atom. The van der Waals surface area contributed by atoms with Crippen molar-refractivity contribution in [1.82, 2.24) is 5.32 Å². The van der Waals surface area contributed by atoms with Crippen molar-refractivity contribution in [2.24, 2.45) is 0 Å². The maximum Gasteiger partial charge on any atom is 0.330 e. The van der Waals surface area contributed by atoms with E-state index in [9.17, 15) is 57.1 Å². The minimum Gasteiger partial charge on any atom is -0.506 e. The number of carbonyl (C=O) groups is 2. The molecule has 0 spiro atoms. The van der Waals surface area contributed by atoms with Gasteiger partial charge in [0.15, 0.2) is 0 Å². The lowest BCUT2D eigenvalue weighted by Crippen LogP contribution is -2.32. The number of phenols is 4. The Hall–Kier alpha value is -9.74. The van der Waals surface area contributed by atoms with Crippen LogP contribution in [-0.4, -0.2) is 111 Å². The standard InChI is InChI=1S/C61H57N5O15S2/c1-2-59(73)79-28-27-63-60(74)66-54-32-46(22-26-58(54)72)83(77,78)45-21-25-57(71)53(31-45)65-34-40(68)36-81-42-17-13-38(14-18-42)61(49-9-5-3-7-47(49)48-8-4-6-10-50(48)61)37-11-15-41(16-12-37)80-35-39(67)33-64-52-30-44(20-24-56(52)70)82(75,76)43-19-23-55(69)51(62)29-43/h2-26,29-32,39-40,64-65,67-72H,1,27-28,33-36,62H2,(H2,63,66,74). The summed E-state index contributed by atoms with van der Waals surface area (Å²) in [7, 11) is -8.38. The number of hydrogen-bond acceptors (Lipinski definition) is 18. The van der Waals surface area contributed by atoms with E-state index in [4.69, 9.17) is 19.9 Å². The molecule has 0 bridgehead atoms. The molecule has 8 aromatic carbocycles. The Bertz CT molecular complexity index is 3910. The van der Waals surface area contributed by atoms with Crippen LogP contribution in [-0.2, 0) is 34.6 Å². The zero-order valence-electron chi connectivity index (χ0n) is 44.1. The number of nitrogens with two attached hydrogens (primary N) is 1. The number of nitrogen functional groups attached to an aromatic ring is 1. The third-order valence-corrected chi connectivity index (χ3v) is 17.2. The quantitative estimate of drug-likeness (QED) is 0.00962. The second kappa shape index (κ2) is 24.5. The van der Waals surface area contributed by atoms with Gasteiger partial charge in [-0.3, -0.25) is 0 Å². The Labute approximate surface area is 477 Å². The third kappa shape index (κ3) is 12.5. The molecule has 0 radical (unpaired) electrons. The van der Waals surface area contributed by atoms with Crippen LogP contribution in [0.4, 0.5) is 27.5 Å². The number of aromatic hydroxyl groups is 4. The summed E-state index contributed by atoms with van der Waals surface area (Å²) < 4.78 is 71.1. The first-order valence-corrected chi connectivity index (χ1v) is 28.7. The number of hydrogen-bond donors (Lipinski definition) is 11. The summed E-state index contributed by atoms with van der Waals surface area (Å²) in [6.07, 6.45) is -1.28. The summed E-state index contributed by atoms with van der Waals surface area (Å²) in [5.41, 5.74) is 10.6. The Balaban J connectivity index is 0.843. The third-order valence-electron chi connectivity index (χ3n) is 13.7. The molecular formula is C61H57N5O15S2. The molecule has 2 atom stereocenters. The highest BCUT2D eigenvalue weighted by atomic mass is 32.2. The summed E-state index contributed by atoms with van der Waals surface area (Å²) in [5, 5.41) is 74.0. The molecule has 0 saturated carbocycles. The SMILES string of the molecule is C=CC(=O)OCCNC(=O)Nc1cc(S(=O)(=O)c2ccc(O)c(NCC(O)COc3ccc(C4(c5ccc(OCC(O)CNc6cc(S(=O)(=O)c7ccc(O)c(N)c7)ccc6O)cc5)c5ccccc5-c5ccccc54)cc3)c2)ccc1O. The van der Waals surface area contributed by atoms with E-state index in [2.05, 4.69) is 52.1 Å². The van der Waals surface area contributed by atoms with Gasteiger partial charge in [-0.1, -0.05) is 79.4 Å². The number of phenolic OH excluding ortho intramolecular Hbond substituents is 4. The highest BCUT2D eigenvalue weighted by Crippen LogP contribution is 2.56. The number of anilines is 4. The maximum absolute atomic E-state index is 13.8. The van der Waals surface area contributed by atoms with Gasteiger partial charge in [-0.2, -0.15) is 0 Å². The monoisotopic (exact) mass is 1160 g/mol.